The summed E-state index contributed by atoms with van der Waals surface area (Å²) in [7, 11) is 0. The molecule has 0 aliphatic heterocycles. The summed E-state index contributed by atoms with van der Waals surface area (Å²) in [5.74, 6) is -1.38. The molecular formula is C18H6ClF7N4. The minimum atomic E-state index is -4.84. The molecule has 0 N–H and O–H groups in total. The number of alkyl halides is 6. The van der Waals surface area contributed by atoms with E-state index in [1.54, 1.807) is 6.07 Å². The number of hydrogen-bond acceptors (Lipinski definition) is 4. The molecule has 0 unspecified atom stereocenters. The lowest BCUT2D eigenvalue weighted by atomic mass is 10.0. The third kappa shape index (κ3) is 4.18. The van der Waals surface area contributed by atoms with Crippen molar-refractivity contribution < 1.29 is 30.7 Å². The van der Waals surface area contributed by atoms with Crippen LogP contribution in [-0.4, -0.2) is 15.0 Å². The van der Waals surface area contributed by atoms with Crippen molar-refractivity contribution in [1.82, 2.24) is 15.0 Å². The summed E-state index contributed by atoms with van der Waals surface area (Å²) in [5.41, 5.74) is -4.01. The predicted octanol–water partition coefficient (Wildman–Crippen LogP) is 5.91. The van der Waals surface area contributed by atoms with Crippen LogP contribution in [0.15, 0.2) is 36.8 Å². The Labute approximate surface area is 168 Å². The van der Waals surface area contributed by atoms with E-state index in [2.05, 4.69) is 15.0 Å². The maximum Gasteiger partial charge on any atom is 0.417 e. The highest BCUT2D eigenvalue weighted by molar-refractivity contribution is 6.33. The number of hydrogen-bond donors (Lipinski definition) is 0. The smallest absolute Gasteiger partial charge is 0.254 e. The molecule has 0 amide bonds. The van der Waals surface area contributed by atoms with Gasteiger partial charge in [-0.3, -0.25) is 15.0 Å². The molecule has 0 fully saturated rings. The van der Waals surface area contributed by atoms with E-state index < -0.39 is 40.0 Å². The summed E-state index contributed by atoms with van der Waals surface area (Å²) in [6.07, 6.45) is -7.72. The van der Waals surface area contributed by atoms with Gasteiger partial charge in [-0.1, -0.05) is 11.6 Å². The fourth-order valence-electron chi connectivity index (χ4n) is 2.45. The van der Waals surface area contributed by atoms with Crippen LogP contribution >= 0.6 is 11.6 Å². The molecule has 0 atom stereocenters. The van der Waals surface area contributed by atoms with Crippen molar-refractivity contribution in [2.24, 2.45) is 0 Å². The molecule has 0 saturated carbocycles. The second-order valence-electron chi connectivity index (χ2n) is 5.84. The van der Waals surface area contributed by atoms with E-state index in [1.165, 1.54) is 0 Å². The zero-order valence-electron chi connectivity index (χ0n) is 14.3. The van der Waals surface area contributed by atoms with E-state index in [-0.39, 0.29) is 28.6 Å². The fourth-order valence-corrected chi connectivity index (χ4v) is 2.72. The van der Waals surface area contributed by atoms with Crippen LogP contribution in [0.4, 0.5) is 30.7 Å². The Balaban J connectivity index is 2.22. The Kier molecular flexibility index (Phi) is 5.38. The summed E-state index contributed by atoms with van der Waals surface area (Å²) in [6.45, 7) is 0. The van der Waals surface area contributed by atoms with Gasteiger partial charge in [0.1, 0.15) is 17.5 Å². The molecule has 30 heavy (non-hydrogen) atoms. The van der Waals surface area contributed by atoms with Crippen LogP contribution in [-0.2, 0) is 12.4 Å². The first-order chi connectivity index (χ1) is 13.9. The second kappa shape index (κ2) is 7.53. The molecule has 0 saturated heterocycles. The molecule has 12 heteroatoms. The quantitative estimate of drug-likeness (QED) is 0.459. The number of pyridine rings is 3. The topological polar surface area (TPSA) is 62.5 Å². The molecule has 0 bridgehead atoms. The summed E-state index contributed by atoms with van der Waals surface area (Å²) in [6, 6.07) is 3.63. The van der Waals surface area contributed by atoms with Crippen molar-refractivity contribution in [2.75, 3.05) is 0 Å². The van der Waals surface area contributed by atoms with Gasteiger partial charge in [-0.15, -0.1) is 0 Å². The van der Waals surface area contributed by atoms with Crippen molar-refractivity contribution in [3.8, 4) is 28.7 Å². The van der Waals surface area contributed by atoms with E-state index in [0.717, 1.165) is 12.3 Å². The van der Waals surface area contributed by atoms with Gasteiger partial charge in [0.25, 0.3) is 0 Å². The van der Waals surface area contributed by atoms with Gasteiger partial charge in [0.2, 0.25) is 0 Å². The highest BCUT2D eigenvalue weighted by Crippen LogP contribution is 2.38. The molecule has 0 radical (unpaired) electrons. The minimum absolute atomic E-state index is 0.0705. The largest absolute Gasteiger partial charge is 0.417 e. The van der Waals surface area contributed by atoms with Crippen molar-refractivity contribution >= 4 is 11.6 Å². The first-order valence-corrected chi connectivity index (χ1v) is 8.16. The van der Waals surface area contributed by atoms with E-state index in [1.807, 2.05) is 0 Å². The van der Waals surface area contributed by atoms with Gasteiger partial charge in [0.05, 0.1) is 27.4 Å². The maximum absolute atomic E-state index is 14.4. The summed E-state index contributed by atoms with van der Waals surface area (Å²) in [4.78, 5) is 10.9. The van der Waals surface area contributed by atoms with Crippen LogP contribution in [0, 0.1) is 17.1 Å². The van der Waals surface area contributed by atoms with Crippen LogP contribution < -0.4 is 0 Å². The van der Waals surface area contributed by atoms with E-state index in [9.17, 15) is 30.7 Å². The molecular weight excluding hydrogens is 441 g/mol. The molecule has 0 aromatic carbocycles. The minimum Gasteiger partial charge on any atom is -0.254 e. The van der Waals surface area contributed by atoms with Crippen molar-refractivity contribution in [3.63, 3.8) is 0 Å². The third-order valence-electron chi connectivity index (χ3n) is 3.83. The summed E-state index contributed by atoms with van der Waals surface area (Å²) >= 11 is 5.91. The molecule has 0 aliphatic carbocycles. The lowest BCUT2D eigenvalue weighted by molar-refractivity contribution is -0.138. The molecule has 4 nitrogen and oxygen atoms in total. The normalized spacial score (nSPS) is 12.0. The average molecular weight is 447 g/mol. The third-order valence-corrected chi connectivity index (χ3v) is 4.12. The number of nitriles is 1. The SMILES string of the molecule is N#Cc1cnc(-c2ncc(C(F)(F)F)cc2F)c(-c2ncc(C(F)(F)F)cc2Cl)c1. The van der Waals surface area contributed by atoms with Crippen LogP contribution in [0.1, 0.15) is 16.7 Å². The fraction of sp³-hybridized carbons (Fsp3) is 0.111. The van der Waals surface area contributed by atoms with Crippen LogP contribution in [0.25, 0.3) is 22.6 Å². The first-order valence-electron chi connectivity index (χ1n) is 7.78. The highest BCUT2D eigenvalue weighted by atomic mass is 35.5. The molecule has 154 valence electrons. The van der Waals surface area contributed by atoms with Crippen molar-refractivity contribution in [1.29, 1.82) is 5.26 Å². The number of rotatable bonds is 2. The van der Waals surface area contributed by atoms with Gasteiger partial charge in [0.15, 0.2) is 5.82 Å². The standard InChI is InChI=1S/C18H6ClF7N4/c19-12-2-9(17(21,22)23)6-29-14(12)11-1-8(4-27)5-28-15(11)16-13(20)3-10(7-30-16)18(24,25)26/h1-3,5-7H. The Morgan fingerprint density at radius 2 is 1.30 bits per heavy atom. The predicted molar refractivity (Wildman–Crippen MR) is 90.4 cm³/mol. The maximum atomic E-state index is 14.4. The molecule has 3 rings (SSSR count). The zero-order valence-corrected chi connectivity index (χ0v) is 15.0. The highest BCUT2D eigenvalue weighted by Gasteiger charge is 2.33. The number of aromatic nitrogens is 3. The van der Waals surface area contributed by atoms with E-state index in [0.29, 0.717) is 18.5 Å². The van der Waals surface area contributed by atoms with Gasteiger partial charge in [0, 0.05) is 24.2 Å². The average Bonchev–Trinajstić information content (AvgIpc) is 2.66. The van der Waals surface area contributed by atoms with Gasteiger partial charge in [-0.25, -0.2) is 4.39 Å². The van der Waals surface area contributed by atoms with Crippen molar-refractivity contribution in [3.05, 3.63) is 64.3 Å². The molecule has 3 aromatic rings. The van der Waals surface area contributed by atoms with Gasteiger partial charge in [-0.05, 0) is 18.2 Å². The Morgan fingerprint density at radius 3 is 1.80 bits per heavy atom. The Morgan fingerprint density at radius 1 is 0.767 bits per heavy atom. The number of nitrogens with zero attached hydrogens (tertiary/aromatic N) is 4. The monoisotopic (exact) mass is 446 g/mol. The molecule has 3 aromatic heterocycles. The summed E-state index contributed by atoms with van der Waals surface area (Å²) < 4.78 is 91.2. The van der Waals surface area contributed by atoms with Crippen LogP contribution in [0.5, 0.6) is 0 Å². The first kappa shape index (κ1) is 21.4. The van der Waals surface area contributed by atoms with Crippen molar-refractivity contribution in [2.45, 2.75) is 12.4 Å². The number of halogens is 8. The van der Waals surface area contributed by atoms with Crippen LogP contribution in [0.3, 0.4) is 0 Å². The Hall–Kier alpha value is -3.26. The van der Waals surface area contributed by atoms with Gasteiger partial charge >= 0.3 is 12.4 Å². The van der Waals surface area contributed by atoms with Gasteiger partial charge in [-0.2, -0.15) is 31.6 Å². The lowest BCUT2D eigenvalue weighted by Gasteiger charge is -2.13. The molecule has 0 spiro atoms. The van der Waals surface area contributed by atoms with E-state index >= 15 is 0 Å². The lowest BCUT2D eigenvalue weighted by Crippen LogP contribution is -2.08. The second-order valence-corrected chi connectivity index (χ2v) is 6.24. The van der Waals surface area contributed by atoms with Crippen LogP contribution in [0.2, 0.25) is 5.02 Å². The Bertz CT molecular complexity index is 1170. The van der Waals surface area contributed by atoms with Gasteiger partial charge < -0.3 is 0 Å². The van der Waals surface area contributed by atoms with E-state index in [4.69, 9.17) is 16.9 Å². The molecule has 3 heterocycles. The zero-order chi connectivity index (χ0) is 22.3. The molecule has 0 aliphatic rings. The summed E-state index contributed by atoms with van der Waals surface area (Å²) in [5, 5.41) is 8.57.